The van der Waals surface area contributed by atoms with Crippen LogP contribution in [0.1, 0.15) is 41.7 Å². The van der Waals surface area contributed by atoms with E-state index in [0.717, 1.165) is 39.6 Å². The van der Waals surface area contributed by atoms with Crippen molar-refractivity contribution in [1.29, 1.82) is 10.5 Å². The van der Waals surface area contributed by atoms with Gasteiger partial charge in [-0.1, -0.05) is 25.1 Å². The third-order valence-corrected chi connectivity index (χ3v) is 5.14. The van der Waals surface area contributed by atoms with Crippen LogP contribution in [0.2, 0.25) is 0 Å². The Balaban J connectivity index is 2.06. The van der Waals surface area contributed by atoms with Crippen molar-refractivity contribution in [1.82, 2.24) is 4.98 Å². The Morgan fingerprint density at radius 3 is 2.54 bits per heavy atom. The minimum atomic E-state index is -0.729. The number of methoxy groups -OCH3 is 1. The average molecular weight is 369 g/mol. The van der Waals surface area contributed by atoms with E-state index in [-0.39, 0.29) is 0 Å². The second-order valence-electron chi connectivity index (χ2n) is 7.36. The molecule has 1 atom stereocenters. The molecule has 1 aromatic heterocycles. The molecule has 0 radical (unpaired) electrons. The maximum atomic E-state index is 9.99. The van der Waals surface area contributed by atoms with Crippen molar-refractivity contribution >= 4 is 10.9 Å². The van der Waals surface area contributed by atoms with E-state index in [0.29, 0.717) is 17.9 Å². The van der Waals surface area contributed by atoms with Gasteiger partial charge in [-0.15, -0.1) is 0 Å². The summed E-state index contributed by atoms with van der Waals surface area (Å²) in [6.07, 6.45) is 1.37. The highest BCUT2D eigenvalue weighted by Gasteiger charge is 2.28. The van der Waals surface area contributed by atoms with E-state index >= 15 is 0 Å². The quantitative estimate of drug-likeness (QED) is 0.634. The maximum absolute atomic E-state index is 9.99. The maximum Gasteiger partial charge on any atom is 0.216 e. The van der Waals surface area contributed by atoms with Gasteiger partial charge in [-0.2, -0.15) is 10.5 Å². The second-order valence-corrected chi connectivity index (χ2v) is 7.36. The Bertz CT molecular complexity index is 1120. The van der Waals surface area contributed by atoms with Gasteiger partial charge in [-0.05, 0) is 67.6 Å². The van der Waals surface area contributed by atoms with Gasteiger partial charge in [0.1, 0.15) is 0 Å². The predicted molar refractivity (Wildman–Crippen MR) is 110 cm³/mol. The number of rotatable bonds is 5. The van der Waals surface area contributed by atoms with Crippen molar-refractivity contribution in [2.75, 3.05) is 7.11 Å². The summed E-state index contributed by atoms with van der Waals surface area (Å²) in [4.78, 5) is 4.65. The summed E-state index contributed by atoms with van der Waals surface area (Å²) in [6, 6.07) is 18.5. The van der Waals surface area contributed by atoms with Crippen molar-refractivity contribution in [3.05, 3.63) is 70.3 Å². The van der Waals surface area contributed by atoms with Crippen molar-refractivity contribution < 1.29 is 4.74 Å². The van der Waals surface area contributed by atoms with E-state index in [4.69, 9.17) is 4.74 Å². The third-order valence-electron chi connectivity index (χ3n) is 5.14. The summed E-state index contributed by atoms with van der Waals surface area (Å²) in [5.74, 6) is 0.628. The Labute approximate surface area is 166 Å². The molecule has 140 valence electrons. The highest BCUT2D eigenvalue weighted by Crippen LogP contribution is 2.32. The molecule has 1 unspecified atom stereocenters. The van der Waals surface area contributed by atoms with Crippen LogP contribution in [0.5, 0.6) is 5.88 Å². The first kappa shape index (κ1) is 19.4. The van der Waals surface area contributed by atoms with Crippen LogP contribution in [-0.2, 0) is 18.3 Å². The minimum absolute atomic E-state index is 0.523. The lowest BCUT2D eigenvalue weighted by Crippen LogP contribution is -2.23. The average Bonchev–Trinajstić information content (AvgIpc) is 2.71. The van der Waals surface area contributed by atoms with Crippen molar-refractivity contribution in [2.24, 2.45) is 0 Å². The Kier molecular flexibility index (Phi) is 5.34. The predicted octanol–water partition coefficient (Wildman–Crippen LogP) is 5.01. The molecule has 0 N–H and O–H groups in total. The fraction of sp³-hybridized carbons (Fsp3) is 0.292. The van der Waals surface area contributed by atoms with Gasteiger partial charge in [0.05, 0.1) is 35.7 Å². The van der Waals surface area contributed by atoms with Crippen LogP contribution in [-0.4, -0.2) is 12.1 Å². The fourth-order valence-corrected chi connectivity index (χ4v) is 3.61. The SMILES string of the molecule is CCc1cc2ccc(C(C)(C#N)Cc3cc(C)cc(C#N)c3)cc2nc1OC. The molecule has 0 saturated carbocycles. The number of ether oxygens (including phenoxy) is 1. The van der Waals surface area contributed by atoms with Crippen molar-refractivity contribution in [3.63, 3.8) is 0 Å². The van der Waals surface area contributed by atoms with Gasteiger partial charge in [0.2, 0.25) is 5.88 Å². The minimum Gasteiger partial charge on any atom is -0.481 e. The lowest BCUT2D eigenvalue weighted by Gasteiger charge is -2.23. The Morgan fingerprint density at radius 1 is 1.11 bits per heavy atom. The van der Waals surface area contributed by atoms with Gasteiger partial charge in [0.15, 0.2) is 0 Å². The first-order valence-electron chi connectivity index (χ1n) is 9.32. The molecule has 4 nitrogen and oxygen atoms in total. The van der Waals surface area contributed by atoms with E-state index in [2.05, 4.69) is 30.1 Å². The van der Waals surface area contributed by atoms with Gasteiger partial charge in [0.25, 0.3) is 0 Å². The molecule has 4 heteroatoms. The van der Waals surface area contributed by atoms with E-state index in [1.807, 2.05) is 50.2 Å². The van der Waals surface area contributed by atoms with Crippen LogP contribution in [0.4, 0.5) is 0 Å². The summed E-state index contributed by atoms with van der Waals surface area (Å²) in [6.45, 7) is 5.97. The number of hydrogen-bond donors (Lipinski definition) is 0. The van der Waals surface area contributed by atoms with Crippen molar-refractivity contribution in [2.45, 2.75) is 39.0 Å². The molecule has 28 heavy (non-hydrogen) atoms. The highest BCUT2D eigenvalue weighted by molar-refractivity contribution is 5.81. The number of nitriles is 2. The molecule has 0 fully saturated rings. The molecule has 0 spiro atoms. The molecule has 3 rings (SSSR count). The lowest BCUT2D eigenvalue weighted by atomic mass is 9.78. The van der Waals surface area contributed by atoms with Crippen LogP contribution in [0.25, 0.3) is 10.9 Å². The van der Waals surface area contributed by atoms with Crippen molar-refractivity contribution in [3.8, 4) is 18.0 Å². The zero-order valence-electron chi connectivity index (χ0n) is 16.7. The van der Waals surface area contributed by atoms with Gasteiger partial charge in [0, 0.05) is 10.9 Å². The molecular weight excluding hydrogens is 346 g/mol. The molecule has 1 heterocycles. The molecule has 0 amide bonds. The number of nitrogens with zero attached hydrogens (tertiary/aromatic N) is 3. The van der Waals surface area contributed by atoms with Crippen LogP contribution in [0.3, 0.4) is 0 Å². The number of aryl methyl sites for hydroxylation is 2. The molecule has 0 aliphatic carbocycles. The van der Waals surface area contributed by atoms with Gasteiger partial charge in [-0.3, -0.25) is 0 Å². The Hall–Kier alpha value is -3.37. The summed E-state index contributed by atoms with van der Waals surface area (Å²) < 4.78 is 5.42. The number of hydrogen-bond acceptors (Lipinski definition) is 4. The zero-order valence-corrected chi connectivity index (χ0v) is 16.7. The van der Waals surface area contributed by atoms with Crippen LogP contribution in [0.15, 0.2) is 42.5 Å². The van der Waals surface area contributed by atoms with Crippen LogP contribution >= 0.6 is 0 Å². The second kappa shape index (κ2) is 7.71. The molecule has 0 saturated heterocycles. The monoisotopic (exact) mass is 369 g/mol. The van der Waals surface area contributed by atoms with Crippen LogP contribution in [0, 0.1) is 29.6 Å². The highest BCUT2D eigenvalue weighted by atomic mass is 16.5. The Morgan fingerprint density at radius 2 is 1.89 bits per heavy atom. The van der Waals surface area contributed by atoms with E-state index in [1.54, 1.807) is 7.11 Å². The topological polar surface area (TPSA) is 69.7 Å². The summed E-state index contributed by atoms with van der Waals surface area (Å²) in [5.41, 5.74) is 4.67. The normalized spacial score (nSPS) is 12.8. The van der Waals surface area contributed by atoms with Gasteiger partial charge >= 0.3 is 0 Å². The molecule has 0 aliphatic heterocycles. The van der Waals surface area contributed by atoms with E-state index < -0.39 is 5.41 Å². The van der Waals surface area contributed by atoms with Gasteiger partial charge in [-0.25, -0.2) is 4.98 Å². The third kappa shape index (κ3) is 3.68. The number of pyridine rings is 1. The van der Waals surface area contributed by atoms with Gasteiger partial charge < -0.3 is 4.74 Å². The number of benzene rings is 2. The molecule has 2 aromatic carbocycles. The molecule has 0 bridgehead atoms. The smallest absolute Gasteiger partial charge is 0.216 e. The molecule has 0 aliphatic rings. The van der Waals surface area contributed by atoms with E-state index in [9.17, 15) is 10.5 Å². The first-order chi connectivity index (χ1) is 13.4. The first-order valence-corrected chi connectivity index (χ1v) is 9.32. The lowest BCUT2D eigenvalue weighted by molar-refractivity contribution is 0.395. The largest absolute Gasteiger partial charge is 0.481 e. The zero-order chi connectivity index (χ0) is 20.3. The van der Waals surface area contributed by atoms with E-state index in [1.165, 1.54) is 0 Å². The number of fused-ring (bicyclic) bond motifs is 1. The van der Waals surface area contributed by atoms with Crippen LogP contribution < -0.4 is 4.74 Å². The summed E-state index contributed by atoms with van der Waals surface area (Å²) in [7, 11) is 1.63. The molecule has 3 aromatic rings. The standard InChI is InChI=1S/C24H23N3O/c1-5-19-11-20-6-7-21(12-22(20)27-23(19)28-4)24(3,15-26)13-17-8-16(2)9-18(10-17)14-25/h6-12H,5,13H2,1-4H3. The number of aromatic nitrogens is 1. The fourth-order valence-electron chi connectivity index (χ4n) is 3.61. The summed E-state index contributed by atoms with van der Waals surface area (Å²) in [5, 5.41) is 20.3. The molecular formula is C24H23N3O. The summed E-state index contributed by atoms with van der Waals surface area (Å²) >= 11 is 0.